The topological polar surface area (TPSA) is 57.6 Å². The predicted octanol–water partition coefficient (Wildman–Crippen LogP) is -0.397. The molecule has 0 atom stereocenters. The van der Waals surface area contributed by atoms with Gasteiger partial charge in [-0.3, -0.25) is 0 Å². The number of rotatable bonds is 6. The first-order valence-electron chi connectivity index (χ1n) is 3.58. The van der Waals surface area contributed by atoms with E-state index in [9.17, 15) is 8.42 Å². The van der Waals surface area contributed by atoms with Crippen LogP contribution in [0.2, 0.25) is 0 Å². The Hall–Kier alpha value is 0.220. The molecule has 0 aliphatic heterocycles. The van der Waals surface area contributed by atoms with Gasteiger partial charge in [0.1, 0.15) is 0 Å². The zero-order valence-electron chi connectivity index (χ0n) is 7.36. The van der Waals surface area contributed by atoms with Crippen LogP contribution in [0.3, 0.4) is 0 Å². The Bertz CT molecular complexity index is 203. The van der Waals surface area contributed by atoms with Crippen molar-refractivity contribution in [3.05, 3.63) is 0 Å². The van der Waals surface area contributed by atoms with Crippen LogP contribution in [0.4, 0.5) is 0 Å². The molecule has 0 aromatic rings. The Morgan fingerprint density at radius 2 is 2.08 bits per heavy atom. The first-order chi connectivity index (χ1) is 5.54. The summed E-state index contributed by atoms with van der Waals surface area (Å²) in [6.45, 7) is 0.190. The van der Waals surface area contributed by atoms with Gasteiger partial charge in [-0.2, -0.15) is 11.8 Å². The summed E-state index contributed by atoms with van der Waals surface area (Å²) in [5.41, 5.74) is 0. The fourth-order valence-electron chi connectivity index (χ4n) is 0.630. The summed E-state index contributed by atoms with van der Waals surface area (Å²) < 4.78 is 23.7. The molecule has 0 heterocycles. The minimum atomic E-state index is -3.21. The van der Waals surface area contributed by atoms with E-state index >= 15 is 0 Å². The second-order valence-electron chi connectivity index (χ2n) is 2.35. The molecule has 0 aliphatic rings. The van der Waals surface area contributed by atoms with Gasteiger partial charge in [0.25, 0.3) is 0 Å². The molecule has 74 valence electrons. The van der Waals surface area contributed by atoms with Gasteiger partial charge in [-0.15, -0.1) is 0 Å². The van der Waals surface area contributed by atoms with Crippen molar-refractivity contribution in [2.45, 2.75) is 0 Å². The maximum Gasteiger partial charge on any atom is 0.216 e. The Labute approximate surface area is 78.0 Å². The molecule has 0 amide bonds. The SMILES string of the molecule is CSCCN(C)S(=O)(=O)CCO. The Balaban J connectivity index is 3.98. The molecule has 1 N–H and O–H groups in total. The van der Waals surface area contributed by atoms with E-state index in [1.807, 2.05) is 6.26 Å². The van der Waals surface area contributed by atoms with Crippen LogP contribution < -0.4 is 0 Å². The van der Waals surface area contributed by atoms with E-state index in [0.29, 0.717) is 6.54 Å². The number of aliphatic hydroxyl groups is 1. The third kappa shape index (κ3) is 4.30. The van der Waals surface area contributed by atoms with Crippen LogP contribution in [0.15, 0.2) is 0 Å². The molecule has 0 spiro atoms. The van der Waals surface area contributed by atoms with Crippen molar-refractivity contribution in [2.75, 3.05) is 38.0 Å². The molecule has 0 fully saturated rings. The summed E-state index contributed by atoms with van der Waals surface area (Å²) in [4.78, 5) is 0. The minimum absolute atomic E-state index is 0.183. The smallest absolute Gasteiger partial charge is 0.216 e. The Kier molecular flexibility index (Phi) is 5.90. The zero-order chi connectivity index (χ0) is 9.61. The molecule has 0 aromatic carbocycles. The summed E-state index contributed by atoms with van der Waals surface area (Å²) in [6.07, 6.45) is 1.92. The quantitative estimate of drug-likeness (QED) is 0.652. The van der Waals surface area contributed by atoms with Gasteiger partial charge in [0.15, 0.2) is 0 Å². The lowest BCUT2D eigenvalue weighted by molar-refractivity contribution is 0.316. The van der Waals surface area contributed by atoms with Crippen molar-refractivity contribution >= 4 is 21.8 Å². The molecule has 0 unspecified atom stereocenters. The second kappa shape index (κ2) is 5.80. The first kappa shape index (κ1) is 12.2. The summed E-state index contributed by atoms with van der Waals surface area (Å²) in [5, 5.41) is 8.47. The van der Waals surface area contributed by atoms with Crippen LogP contribution in [0.25, 0.3) is 0 Å². The fourth-order valence-corrected chi connectivity index (χ4v) is 2.11. The third-order valence-electron chi connectivity index (χ3n) is 1.43. The van der Waals surface area contributed by atoms with Crippen molar-refractivity contribution in [3.63, 3.8) is 0 Å². The van der Waals surface area contributed by atoms with Crippen LogP contribution in [-0.2, 0) is 10.0 Å². The van der Waals surface area contributed by atoms with Crippen molar-refractivity contribution in [1.82, 2.24) is 4.31 Å². The molecule has 0 saturated carbocycles. The number of sulfonamides is 1. The maximum absolute atomic E-state index is 11.2. The normalized spacial score (nSPS) is 12.3. The molecule has 0 rings (SSSR count). The highest BCUT2D eigenvalue weighted by Crippen LogP contribution is 2.00. The molecule has 0 aromatic heterocycles. The lowest BCUT2D eigenvalue weighted by Gasteiger charge is -2.15. The monoisotopic (exact) mass is 213 g/mol. The summed E-state index contributed by atoms with van der Waals surface area (Å²) in [5.74, 6) is 0.596. The van der Waals surface area contributed by atoms with Crippen LogP contribution in [0, 0.1) is 0 Å². The number of hydrogen-bond donors (Lipinski definition) is 1. The maximum atomic E-state index is 11.2. The average molecular weight is 213 g/mol. The van der Waals surface area contributed by atoms with Gasteiger partial charge in [0.05, 0.1) is 12.4 Å². The van der Waals surface area contributed by atoms with Crippen molar-refractivity contribution in [1.29, 1.82) is 0 Å². The minimum Gasteiger partial charge on any atom is -0.395 e. The lowest BCUT2D eigenvalue weighted by atomic mass is 10.8. The third-order valence-corrected chi connectivity index (χ3v) is 3.86. The van der Waals surface area contributed by atoms with Gasteiger partial charge in [0.2, 0.25) is 10.0 Å². The molecular weight excluding hydrogens is 198 g/mol. The number of nitrogens with zero attached hydrogens (tertiary/aromatic N) is 1. The zero-order valence-corrected chi connectivity index (χ0v) is 8.99. The van der Waals surface area contributed by atoms with Crippen molar-refractivity contribution < 1.29 is 13.5 Å². The summed E-state index contributed by atoms with van der Waals surface area (Å²) in [6, 6.07) is 0. The van der Waals surface area contributed by atoms with Crippen LogP contribution in [-0.4, -0.2) is 55.8 Å². The highest BCUT2D eigenvalue weighted by molar-refractivity contribution is 7.98. The fraction of sp³-hybridized carbons (Fsp3) is 1.00. The van der Waals surface area contributed by atoms with Gasteiger partial charge in [0, 0.05) is 19.3 Å². The molecule has 0 saturated heterocycles. The van der Waals surface area contributed by atoms with Crippen LogP contribution in [0.5, 0.6) is 0 Å². The Morgan fingerprint density at radius 1 is 1.50 bits per heavy atom. The van der Waals surface area contributed by atoms with Crippen molar-refractivity contribution in [3.8, 4) is 0 Å². The van der Waals surface area contributed by atoms with Gasteiger partial charge in [-0.25, -0.2) is 12.7 Å². The predicted molar refractivity (Wildman–Crippen MR) is 51.9 cm³/mol. The largest absolute Gasteiger partial charge is 0.395 e. The highest BCUT2D eigenvalue weighted by Gasteiger charge is 2.15. The van der Waals surface area contributed by atoms with Crippen molar-refractivity contribution in [2.24, 2.45) is 0 Å². The van der Waals surface area contributed by atoms with Gasteiger partial charge in [-0.1, -0.05) is 0 Å². The molecular formula is C6H15NO3S2. The molecule has 6 heteroatoms. The average Bonchev–Trinajstić information content (AvgIpc) is 2.00. The number of thioether (sulfide) groups is 1. The van der Waals surface area contributed by atoms with E-state index in [-0.39, 0.29) is 12.4 Å². The van der Waals surface area contributed by atoms with Crippen LogP contribution >= 0.6 is 11.8 Å². The first-order valence-corrected chi connectivity index (χ1v) is 6.58. The lowest BCUT2D eigenvalue weighted by Crippen LogP contribution is -2.32. The number of hydrogen-bond acceptors (Lipinski definition) is 4. The summed E-state index contributed by atoms with van der Waals surface area (Å²) >= 11 is 1.60. The summed E-state index contributed by atoms with van der Waals surface area (Å²) in [7, 11) is -1.68. The van der Waals surface area contributed by atoms with E-state index in [2.05, 4.69) is 0 Å². The van der Waals surface area contributed by atoms with Gasteiger partial charge >= 0.3 is 0 Å². The molecule has 0 bridgehead atoms. The van der Waals surface area contributed by atoms with Crippen LogP contribution in [0.1, 0.15) is 0 Å². The van der Waals surface area contributed by atoms with Gasteiger partial charge in [-0.05, 0) is 6.26 Å². The highest BCUT2D eigenvalue weighted by atomic mass is 32.2. The van der Waals surface area contributed by atoms with E-state index in [1.54, 1.807) is 11.8 Å². The van der Waals surface area contributed by atoms with E-state index in [4.69, 9.17) is 5.11 Å². The van der Waals surface area contributed by atoms with E-state index < -0.39 is 10.0 Å². The van der Waals surface area contributed by atoms with Gasteiger partial charge < -0.3 is 5.11 Å². The Morgan fingerprint density at radius 3 is 2.50 bits per heavy atom. The second-order valence-corrected chi connectivity index (χ2v) is 5.53. The molecule has 12 heavy (non-hydrogen) atoms. The standard InChI is InChI=1S/C6H15NO3S2/c1-7(3-5-11-2)12(9,10)6-4-8/h8H,3-6H2,1-2H3. The number of aliphatic hydroxyl groups excluding tert-OH is 1. The molecule has 0 radical (unpaired) electrons. The molecule has 4 nitrogen and oxygen atoms in total. The molecule has 0 aliphatic carbocycles. The van der Waals surface area contributed by atoms with E-state index in [0.717, 1.165) is 5.75 Å². The van der Waals surface area contributed by atoms with E-state index in [1.165, 1.54) is 11.4 Å².